The standard InChI is InChI=1S/C17H19BrN2O2/c1-12-4-7-19(8-5-12)17(22)11-20-9-6-16(21)14-10-13(18)2-3-15(14)20/h2-3,6,9-10,12H,4-5,7-8,11H2,1H3. The molecule has 1 aromatic heterocycles. The van der Waals surface area contributed by atoms with E-state index < -0.39 is 0 Å². The molecule has 22 heavy (non-hydrogen) atoms. The van der Waals surface area contributed by atoms with Crippen LogP contribution in [0, 0.1) is 5.92 Å². The lowest BCUT2D eigenvalue weighted by molar-refractivity contribution is -0.133. The number of halogens is 1. The summed E-state index contributed by atoms with van der Waals surface area (Å²) in [6, 6.07) is 7.11. The smallest absolute Gasteiger partial charge is 0.242 e. The molecule has 4 nitrogen and oxygen atoms in total. The lowest BCUT2D eigenvalue weighted by atomic mass is 9.99. The van der Waals surface area contributed by atoms with Crippen LogP contribution in [0.25, 0.3) is 10.9 Å². The molecular formula is C17H19BrN2O2. The molecule has 0 N–H and O–H groups in total. The largest absolute Gasteiger partial charge is 0.341 e. The van der Waals surface area contributed by atoms with Crippen LogP contribution in [0.3, 0.4) is 0 Å². The van der Waals surface area contributed by atoms with Crippen LogP contribution in [0.4, 0.5) is 0 Å². The molecule has 1 amide bonds. The summed E-state index contributed by atoms with van der Waals surface area (Å²) in [5, 5.41) is 0.636. The van der Waals surface area contributed by atoms with Crippen molar-refractivity contribution in [3.63, 3.8) is 0 Å². The Hall–Kier alpha value is -1.62. The number of hydrogen-bond acceptors (Lipinski definition) is 2. The molecule has 1 fully saturated rings. The molecule has 2 heterocycles. The van der Waals surface area contributed by atoms with Crippen LogP contribution in [0.1, 0.15) is 19.8 Å². The predicted octanol–water partition coefficient (Wildman–Crippen LogP) is 3.02. The van der Waals surface area contributed by atoms with Crippen LogP contribution >= 0.6 is 15.9 Å². The highest BCUT2D eigenvalue weighted by atomic mass is 79.9. The van der Waals surface area contributed by atoms with Crippen LogP contribution < -0.4 is 5.43 Å². The summed E-state index contributed by atoms with van der Waals surface area (Å²) in [6.45, 7) is 4.19. The van der Waals surface area contributed by atoms with Crippen molar-refractivity contribution in [3.05, 3.63) is 45.2 Å². The highest BCUT2D eigenvalue weighted by molar-refractivity contribution is 9.10. The molecule has 3 rings (SSSR count). The zero-order valence-electron chi connectivity index (χ0n) is 12.6. The minimum Gasteiger partial charge on any atom is -0.341 e. The van der Waals surface area contributed by atoms with E-state index in [1.807, 2.05) is 21.6 Å². The van der Waals surface area contributed by atoms with E-state index in [2.05, 4.69) is 22.9 Å². The van der Waals surface area contributed by atoms with E-state index >= 15 is 0 Å². The first-order valence-corrected chi connectivity index (χ1v) is 8.40. The zero-order chi connectivity index (χ0) is 15.7. The summed E-state index contributed by atoms with van der Waals surface area (Å²) in [6.07, 6.45) is 3.86. The van der Waals surface area contributed by atoms with Crippen LogP contribution in [0.15, 0.2) is 39.7 Å². The van der Waals surface area contributed by atoms with Gasteiger partial charge < -0.3 is 9.47 Å². The van der Waals surface area contributed by atoms with Crippen LogP contribution in [-0.4, -0.2) is 28.5 Å². The number of pyridine rings is 1. The first-order chi connectivity index (χ1) is 10.5. The van der Waals surface area contributed by atoms with Gasteiger partial charge in [0.05, 0.1) is 5.52 Å². The maximum absolute atomic E-state index is 12.5. The van der Waals surface area contributed by atoms with Gasteiger partial charge in [-0.25, -0.2) is 0 Å². The van der Waals surface area contributed by atoms with Gasteiger partial charge in [0.15, 0.2) is 5.43 Å². The fourth-order valence-electron chi connectivity index (χ4n) is 2.93. The van der Waals surface area contributed by atoms with Crippen LogP contribution in [0.5, 0.6) is 0 Å². The molecular weight excluding hydrogens is 344 g/mol. The van der Waals surface area contributed by atoms with E-state index in [1.54, 1.807) is 12.3 Å². The SMILES string of the molecule is CC1CCN(C(=O)Cn2ccc(=O)c3cc(Br)ccc32)CC1. The third kappa shape index (κ3) is 3.09. The topological polar surface area (TPSA) is 42.3 Å². The Morgan fingerprint density at radius 2 is 2.00 bits per heavy atom. The lowest BCUT2D eigenvalue weighted by Gasteiger charge is -2.30. The van der Waals surface area contributed by atoms with Crippen LogP contribution in [-0.2, 0) is 11.3 Å². The van der Waals surface area contributed by atoms with Crippen molar-refractivity contribution in [2.45, 2.75) is 26.3 Å². The monoisotopic (exact) mass is 362 g/mol. The number of benzene rings is 1. The fraction of sp³-hybridized carbons (Fsp3) is 0.412. The van der Waals surface area contributed by atoms with E-state index in [0.717, 1.165) is 35.9 Å². The minimum absolute atomic E-state index is 0.0215. The number of aromatic nitrogens is 1. The Bertz CT molecular complexity index is 761. The van der Waals surface area contributed by atoms with Gasteiger partial charge in [-0.1, -0.05) is 22.9 Å². The number of amides is 1. The molecule has 1 aliphatic rings. The van der Waals surface area contributed by atoms with E-state index in [4.69, 9.17) is 0 Å². The molecule has 0 bridgehead atoms. The van der Waals surface area contributed by atoms with Crippen molar-refractivity contribution >= 4 is 32.7 Å². The summed E-state index contributed by atoms with van der Waals surface area (Å²) in [5.41, 5.74) is 0.779. The average molecular weight is 363 g/mol. The highest BCUT2D eigenvalue weighted by Gasteiger charge is 2.20. The summed E-state index contributed by atoms with van der Waals surface area (Å²) < 4.78 is 2.73. The second-order valence-electron chi connectivity index (χ2n) is 6.03. The van der Waals surface area contributed by atoms with E-state index in [9.17, 15) is 9.59 Å². The highest BCUT2D eigenvalue weighted by Crippen LogP contribution is 2.19. The Balaban J connectivity index is 1.86. The molecule has 1 aromatic carbocycles. The Morgan fingerprint density at radius 1 is 1.27 bits per heavy atom. The molecule has 5 heteroatoms. The first-order valence-electron chi connectivity index (χ1n) is 7.61. The molecule has 1 saturated heterocycles. The second-order valence-corrected chi connectivity index (χ2v) is 6.95. The van der Waals surface area contributed by atoms with Gasteiger partial charge in [-0.05, 0) is 37.0 Å². The third-order valence-corrected chi connectivity index (χ3v) is 4.87. The van der Waals surface area contributed by atoms with Gasteiger partial charge in [-0.15, -0.1) is 0 Å². The van der Waals surface area contributed by atoms with Crippen molar-refractivity contribution in [1.29, 1.82) is 0 Å². The molecule has 0 radical (unpaired) electrons. The quantitative estimate of drug-likeness (QED) is 0.823. The number of carbonyl (C=O) groups excluding carboxylic acids is 1. The minimum atomic E-state index is -0.0215. The van der Waals surface area contributed by atoms with Gasteiger partial charge in [0.1, 0.15) is 6.54 Å². The Labute approximate surface area is 137 Å². The third-order valence-electron chi connectivity index (χ3n) is 4.38. The number of rotatable bonds is 2. The molecule has 1 aliphatic heterocycles. The van der Waals surface area contributed by atoms with Crippen molar-refractivity contribution in [2.75, 3.05) is 13.1 Å². The molecule has 0 unspecified atom stereocenters. The van der Waals surface area contributed by atoms with Gasteiger partial charge in [-0.3, -0.25) is 9.59 Å². The molecule has 0 aliphatic carbocycles. The number of piperidine rings is 1. The van der Waals surface area contributed by atoms with Crippen molar-refractivity contribution < 1.29 is 4.79 Å². The van der Waals surface area contributed by atoms with Crippen molar-refractivity contribution in [3.8, 4) is 0 Å². The summed E-state index contributed by atoms with van der Waals surface area (Å²) in [4.78, 5) is 26.4. The predicted molar refractivity (Wildman–Crippen MR) is 90.9 cm³/mol. The number of fused-ring (bicyclic) bond motifs is 1. The van der Waals surface area contributed by atoms with Gasteiger partial charge in [0.2, 0.25) is 5.91 Å². The van der Waals surface area contributed by atoms with Crippen LogP contribution in [0.2, 0.25) is 0 Å². The Morgan fingerprint density at radius 3 is 2.73 bits per heavy atom. The summed E-state index contributed by atoms with van der Waals surface area (Å²) >= 11 is 3.39. The normalized spacial score (nSPS) is 16.2. The van der Waals surface area contributed by atoms with E-state index in [1.165, 1.54) is 6.07 Å². The molecule has 116 valence electrons. The summed E-state index contributed by atoms with van der Waals surface area (Å²) in [7, 11) is 0. The fourth-order valence-corrected chi connectivity index (χ4v) is 3.29. The summed E-state index contributed by atoms with van der Waals surface area (Å²) in [5.74, 6) is 0.828. The number of carbonyl (C=O) groups is 1. The lowest BCUT2D eigenvalue weighted by Crippen LogP contribution is -2.39. The maximum atomic E-state index is 12.5. The average Bonchev–Trinajstić information content (AvgIpc) is 2.51. The molecule has 0 atom stereocenters. The van der Waals surface area contributed by atoms with Gasteiger partial charge in [0.25, 0.3) is 0 Å². The number of likely N-dealkylation sites (tertiary alicyclic amines) is 1. The Kier molecular flexibility index (Phi) is 4.34. The number of hydrogen-bond donors (Lipinski definition) is 0. The van der Waals surface area contributed by atoms with Crippen molar-refractivity contribution in [1.82, 2.24) is 9.47 Å². The second kappa shape index (κ2) is 6.24. The molecule has 2 aromatic rings. The number of nitrogens with zero attached hydrogens (tertiary/aromatic N) is 2. The van der Waals surface area contributed by atoms with Gasteiger partial charge in [0, 0.05) is 35.2 Å². The molecule has 0 saturated carbocycles. The molecule has 0 spiro atoms. The zero-order valence-corrected chi connectivity index (χ0v) is 14.2. The maximum Gasteiger partial charge on any atom is 0.242 e. The van der Waals surface area contributed by atoms with E-state index in [0.29, 0.717) is 11.3 Å². The van der Waals surface area contributed by atoms with E-state index in [-0.39, 0.29) is 17.9 Å². The van der Waals surface area contributed by atoms with Gasteiger partial charge in [-0.2, -0.15) is 0 Å². The first kappa shape index (κ1) is 15.3. The van der Waals surface area contributed by atoms with Gasteiger partial charge >= 0.3 is 0 Å². The van der Waals surface area contributed by atoms with Crippen molar-refractivity contribution in [2.24, 2.45) is 5.92 Å².